The Morgan fingerprint density at radius 1 is 1.44 bits per heavy atom. The van der Waals surface area contributed by atoms with Gasteiger partial charge in [0.25, 0.3) is 0 Å². The van der Waals surface area contributed by atoms with Crippen LogP contribution in [0, 0.1) is 0 Å². The zero-order valence-electron chi connectivity index (χ0n) is 10.4. The second kappa shape index (κ2) is 4.82. The number of rotatable bonds is 2. The molecule has 1 unspecified atom stereocenters. The highest BCUT2D eigenvalue weighted by Crippen LogP contribution is 2.27. The van der Waals surface area contributed by atoms with Crippen molar-refractivity contribution >= 4 is 23.5 Å². The quantitative estimate of drug-likeness (QED) is 0.824. The third-order valence-electron chi connectivity index (χ3n) is 3.59. The first kappa shape index (κ1) is 11.9. The molecule has 2 aliphatic heterocycles. The molecule has 1 N–H and O–H groups in total. The largest absolute Gasteiger partial charge is 0.324 e. The fourth-order valence-corrected chi connectivity index (χ4v) is 3.07. The summed E-state index contributed by atoms with van der Waals surface area (Å²) in [4.78, 5) is 17.4. The number of nitrogens with one attached hydrogen (secondary N) is 1. The van der Waals surface area contributed by atoms with Crippen molar-refractivity contribution in [1.82, 2.24) is 10.2 Å². The summed E-state index contributed by atoms with van der Waals surface area (Å²) in [7, 11) is 0. The van der Waals surface area contributed by atoms with Gasteiger partial charge in [0.2, 0.25) is 0 Å². The summed E-state index contributed by atoms with van der Waals surface area (Å²) in [5.74, 6) is 0. The van der Waals surface area contributed by atoms with Crippen LogP contribution in [-0.4, -0.2) is 49.4 Å². The van der Waals surface area contributed by atoms with E-state index in [1.807, 2.05) is 21.9 Å². The van der Waals surface area contributed by atoms with Crippen LogP contribution >= 0.6 is 11.8 Å². The van der Waals surface area contributed by atoms with Gasteiger partial charge in [-0.1, -0.05) is 6.07 Å². The molecule has 2 saturated heterocycles. The molecule has 1 aromatic rings. The molecule has 18 heavy (non-hydrogen) atoms. The predicted octanol–water partition coefficient (Wildman–Crippen LogP) is 1.62. The van der Waals surface area contributed by atoms with E-state index in [4.69, 9.17) is 0 Å². The lowest BCUT2D eigenvalue weighted by Crippen LogP contribution is -2.49. The number of hydrogen-bond donors (Lipinski definition) is 1. The summed E-state index contributed by atoms with van der Waals surface area (Å²) in [6.45, 7) is 3.43. The molecule has 96 valence electrons. The first-order valence-electron chi connectivity index (χ1n) is 6.22. The molecule has 1 atom stereocenters. The number of amides is 2. The van der Waals surface area contributed by atoms with E-state index in [-0.39, 0.29) is 6.03 Å². The molecule has 1 aromatic carbocycles. The van der Waals surface area contributed by atoms with E-state index < -0.39 is 0 Å². The third kappa shape index (κ3) is 1.97. The maximum atomic E-state index is 12.4. The maximum Gasteiger partial charge on any atom is 0.324 e. The Balaban J connectivity index is 1.86. The zero-order chi connectivity index (χ0) is 12.5. The van der Waals surface area contributed by atoms with Crippen LogP contribution in [0.15, 0.2) is 29.2 Å². The molecule has 0 bridgehead atoms. The first-order chi connectivity index (χ1) is 8.79. The van der Waals surface area contributed by atoms with Crippen LogP contribution < -0.4 is 10.2 Å². The van der Waals surface area contributed by atoms with Crippen molar-refractivity contribution in [3.63, 3.8) is 0 Å². The number of thioether (sulfide) groups is 1. The van der Waals surface area contributed by atoms with Crippen molar-refractivity contribution in [3.05, 3.63) is 24.3 Å². The predicted molar refractivity (Wildman–Crippen MR) is 74.3 cm³/mol. The minimum atomic E-state index is 0.153. The van der Waals surface area contributed by atoms with Gasteiger partial charge in [-0.15, -0.1) is 11.8 Å². The van der Waals surface area contributed by atoms with Crippen LogP contribution in [0.25, 0.3) is 0 Å². The van der Waals surface area contributed by atoms with E-state index in [1.54, 1.807) is 11.8 Å². The van der Waals surface area contributed by atoms with E-state index in [1.165, 1.54) is 4.90 Å². The van der Waals surface area contributed by atoms with E-state index in [9.17, 15) is 4.79 Å². The Hall–Kier alpha value is -1.20. The monoisotopic (exact) mass is 263 g/mol. The number of carbonyl (C=O) groups is 1. The number of benzene rings is 1. The molecule has 2 aliphatic rings. The highest BCUT2D eigenvalue weighted by Gasteiger charge is 2.38. The van der Waals surface area contributed by atoms with Crippen molar-refractivity contribution in [3.8, 4) is 0 Å². The maximum absolute atomic E-state index is 12.4. The van der Waals surface area contributed by atoms with Gasteiger partial charge in [-0.2, -0.15) is 0 Å². The summed E-state index contributed by atoms with van der Waals surface area (Å²) in [6, 6.07) is 8.68. The normalized spacial score (nSPS) is 23.4. The van der Waals surface area contributed by atoms with Crippen LogP contribution in [0.1, 0.15) is 0 Å². The lowest BCUT2D eigenvalue weighted by molar-refractivity contribution is 0.193. The molecule has 0 saturated carbocycles. The molecule has 2 fully saturated rings. The molecule has 0 spiro atoms. The molecular weight excluding hydrogens is 246 g/mol. The van der Waals surface area contributed by atoms with E-state index >= 15 is 0 Å². The number of nitrogens with zero attached hydrogens (tertiary/aromatic N) is 2. The van der Waals surface area contributed by atoms with Gasteiger partial charge in [-0.05, 0) is 24.5 Å². The van der Waals surface area contributed by atoms with Crippen LogP contribution in [0.5, 0.6) is 0 Å². The molecule has 2 amide bonds. The van der Waals surface area contributed by atoms with Crippen LogP contribution in [0.3, 0.4) is 0 Å². The molecule has 5 heteroatoms. The summed E-state index contributed by atoms with van der Waals surface area (Å²) >= 11 is 1.70. The fourth-order valence-electron chi connectivity index (χ4n) is 2.61. The molecule has 0 radical (unpaired) electrons. The topological polar surface area (TPSA) is 35.6 Å². The van der Waals surface area contributed by atoms with Crippen LogP contribution in [0.2, 0.25) is 0 Å². The van der Waals surface area contributed by atoms with Gasteiger partial charge in [0.1, 0.15) is 0 Å². The second-order valence-corrected chi connectivity index (χ2v) is 5.53. The molecule has 0 aliphatic carbocycles. The van der Waals surface area contributed by atoms with E-state index in [0.29, 0.717) is 6.04 Å². The highest BCUT2D eigenvalue weighted by molar-refractivity contribution is 7.98. The summed E-state index contributed by atoms with van der Waals surface area (Å²) in [6.07, 6.45) is 2.05. The number of piperazine rings is 1. The van der Waals surface area contributed by atoms with Gasteiger partial charge in [0, 0.05) is 36.8 Å². The lowest BCUT2D eigenvalue weighted by Gasteiger charge is -2.28. The first-order valence-corrected chi connectivity index (χ1v) is 7.45. The third-order valence-corrected chi connectivity index (χ3v) is 4.31. The zero-order valence-corrected chi connectivity index (χ0v) is 11.2. The SMILES string of the molecule is CSc1cccc(N2CC3CNCCN3C2=O)c1. The summed E-state index contributed by atoms with van der Waals surface area (Å²) in [5, 5.41) is 3.35. The average Bonchev–Trinajstić information content (AvgIpc) is 2.77. The number of urea groups is 1. The molecule has 2 heterocycles. The molecular formula is C13H17N3OS. The van der Waals surface area contributed by atoms with Crippen molar-refractivity contribution in [1.29, 1.82) is 0 Å². The Morgan fingerprint density at radius 3 is 3.11 bits per heavy atom. The molecule has 3 rings (SSSR count). The number of anilines is 1. The highest BCUT2D eigenvalue weighted by atomic mass is 32.2. The van der Waals surface area contributed by atoms with Gasteiger partial charge < -0.3 is 10.2 Å². The van der Waals surface area contributed by atoms with Gasteiger partial charge in [-0.3, -0.25) is 4.90 Å². The Morgan fingerprint density at radius 2 is 2.33 bits per heavy atom. The van der Waals surface area contributed by atoms with Crippen molar-refractivity contribution in [2.24, 2.45) is 0 Å². The average molecular weight is 263 g/mol. The summed E-state index contributed by atoms with van der Waals surface area (Å²) in [5.41, 5.74) is 1.02. The number of fused-ring (bicyclic) bond motifs is 1. The van der Waals surface area contributed by atoms with Gasteiger partial charge >= 0.3 is 6.03 Å². The fraction of sp³-hybridized carbons (Fsp3) is 0.462. The van der Waals surface area contributed by atoms with Crippen LogP contribution in [0.4, 0.5) is 10.5 Å². The van der Waals surface area contributed by atoms with Gasteiger partial charge in [0.15, 0.2) is 0 Å². The molecule has 4 nitrogen and oxygen atoms in total. The van der Waals surface area contributed by atoms with Crippen molar-refractivity contribution in [2.75, 3.05) is 37.3 Å². The second-order valence-electron chi connectivity index (χ2n) is 4.65. The smallest absolute Gasteiger partial charge is 0.317 e. The van der Waals surface area contributed by atoms with E-state index in [0.717, 1.165) is 31.9 Å². The minimum absolute atomic E-state index is 0.153. The standard InChI is InChI=1S/C13H17N3OS/c1-18-12-4-2-3-10(7-12)16-9-11-8-14-5-6-15(11)13(16)17/h2-4,7,11,14H,5-6,8-9H2,1H3. The van der Waals surface area contributed by atoms with Gasteiger partial charge in [0.05, 0.1) is 6.04 Å². The minimum Gasteiger partial charge on any atom is -0.317 e. The number of carbonyl (C=O) groups excluding carboxylic acids is 1. The Bertz CT molecular complexity index is 465. The number of hydrogen-bond acceptors (Lipinski definition) is 3. The Labute approximate surface area is 111 Å². The Kier molecular flexibility index (Phi) is 3.18. The van der Waals surface area contributed by atoms with Gasteiger partial charge in [-0.25, -0.2) is 4.79 Å². The van der Waals surface area contributed by atoms with Crippen molar-refractivity contribution < 1.29 is 4.79 Å². The van der Waals surface area contributed by atoms with E-state index in [2.05, 4.69) is 23.7 Å². The lowest BCUT2D eigenvalue weighted by atomic mass is 10.2. The van der Waals surface area contributed by atoms with Crippen molar-refractivity contribution in [2.45, 2.75) is 10.9 Å². The van der Waals surface area contributed by atoms with Crippen LogP contribution in [-0.2, 0) is 0 Å². The summed E-state index contributed by atoms with van der Waals surface area (Å²) < 4.78 is 0. The molecule has 0 aromatic heterocycles.